The molecule has 0 bridgehead atoms. The Bertz CT molecular complexity index is 2490. The third-order valence-corrected chi connectivity index (χ3v) is 9.88. The van der Waals surface area contributed by atoms with E-state index in [9.17, 15) is 15.5 Å². The van der Waals surface area contributed by atoms with E-state index in [2.05, 4.69) is 49.6 Å². The molecule has 0 saturated heterocycles. The molecule has 2 N–H and O–H groups in total. The molecule has 0 heterocycles. The van der Waals surface area contributed by atoms with Crippen LogP contribution in [0.2, 0.25) is 0 Å². The lowest BCUT2D eigenvalue weighted by Crippen LogP contribution is -2.30. The molecule has 8 nitrogen and oxygen atoms in total. The van der Waals surface area contributed by atoms with Crippen LogP contribution in [0.3, 0.4) is 0 Å². The first kappa shape index (κ1) is 33.0. The maximum atomic E-state index is 12.6. The van der Waals surface area contributed by atoms with Gasteiger partial charge >= 0.3 is 0 Å². The van der Waals surface area contributed by atoms with Crippen LogP contribution in [0.25, 0.3) is 37.5 Å². The summed E-state index contributed by atoms with van der Waals surface area (Å²) < 4.78 is 2.13. The molecule has 0 unspecified atom stereocenters. The number of aliphatic hydroxyl groups is 1. The minimum absolute atomic E-state index is 0.0283. The molecule has 0 amide bonds. The van der Waals surface area contributed by atoms with Gasteiger partial charge in [0.25, 0.3) is 5.70 Å². The Morgan fingerprint density at radius 1 is 0.667 bits per heavy atom. The van der Waals surface area contributed by atoms with Gasteiger partial charge in [-0.2, -0.15) is 0 Å². The number of nitrogens with zero attached hydrogens (tertiary/aromatic N) is 6. The summed E-state index contributed by atoms with van der Waals surface area (Å²) in [6.07, 6.45) is 0. The van der Waals surface area contributed by atoms with Crippen molar-refractivity contribution >= 4 is 55.5 Å². The summed E-state index contributed by atoms with van der Waals surface area (Å²) in [7, 11) is 16.1. The van der Waals surface area contributed by atoms with Gasteiger partial charge < -0.3 is 24.9 Å². The molecule has 0 radical (unpaired) electrons. The molecule has 2 aliphatic rings. The molecule has 0 aliphatic heterocycles. The van der Waals surface area contributed by atoms with Crippen molar-refractivity contribution in [3.63, 3.8) is 0 Å². The third kappa shape index (κ3) is 4.68. The van der Waals surface area contributed by atoms with Gasteiger partial charge in [-0.3, -0.25) is 0 Å². The first-order valence-electron chi connectivity index (χ1n) is 16.6. The second kappa shape index (κ2) is 12.1. The van der Waals surface area contributed by atoms with E-state index in [-0.39, 0.29) is 17.2 Å². The summed E-state index contributed by atoms with van der Waals surface area (Å²) in [5, 5.41) is 37.7. The zero-order chi connectivity index (χ0) is 36.5. The average molecular weight is 672 g/mol. The van der Waals surface area contributed by atoms with Gasteiger partial charge in [0, 0.05) is 86.3 Å². The molecule has 252 valence electrons. The van der Waals surface area contributed by atoms with Crippen LogP contribution in [0.5, 0.6) is 5.75 Å². The maximum Gasteiger partial charge on any atom is 0.270 e. The third-order valence-electron chi connectivity index (χ3n) is 9.88. The summed E-state index contributed by atoms with van der Waals surface area (Å²) in [5.74, 6) is 0.0164. The van der Waals surface area contributed by atoms with Crippen molar-refractivity contribution in [2.75, 3.05) is 71.1 Å². The maximum absolute atomic E-state index is 12.6. The fourth-order valence-electron chi connectivity index (χ4n) is 7.94. The van der Waals surface area contributed by atoms with E-state index < -0.39 is 0 Å². The van der Waals surface area contributed by atoms with Crippen molar-refractivity contribution < 1.29 is 14.8 Å². The molecule has 0 saturated carbocycles. The molecular weight excluding hydrogens is 633 g/mol. The number of hydrogen-bond acceptors (Lipinski definition) is 6. The highest BCUT2D eigenvalue weighted by Crippen LogP contribution is 2.57. The number of aromatic hydroxyl groups is 1. The lowest BCUT2D eigenvalue weighted by Gasteiger charge is -2.36. The van der Waals surface area contributed by atoms with Gasteiger partial charge in [-0.25, -0.2) is 14.7 Å². The number of nitriles is 1. The van der Waals surface area contributed by atoms with Crippen LogP contribution in [0, 0.1) is 17.9 Å². The number of fused-ring (bicyclic) bond motifs is 4. The monoisotopic (exact) mass is 671 g/mol. The van der Waals surface area contributed by atoms with E-state index in [1.54, 1.807) is 6.07 Å². The van der Waals surface area contributed by atoms with Crippen LogP contribution < -0.4 is 14.7 Å². The molecule has 0 spiro atoms. The van der Waals surface area contributed by atoms with Crippen LogP contribution in [-0.2, 0) is 0 Å². The summed E-state index contributed by atoms with van der Waals surface area (Å²) >= 11 is 0. The highest BCUT2D eigenvalue weighted by Gasteiger charge is 2.43. The number of hydrogen-bond donors (Lipinski definition) is 2. The van der Waals surface area contributed by atoms with Crippen LogP contribution in [-0.4, -0.2) is 76.9 Å². The average Bonchev–Trinajstić information content (AvgIpc) is 3.10. The van der Waals surface area contributed by atoms with E-state index in [4.69, 9.17) is 6.57 Å². The van der Waals surface area contributed by atoms with Gasteiger partial charge in [-0.05, 0) is 34.7 Å². The summed E-state index contributed by atoms with van der Waals surface area (Å²) in [4.78, 5) is 9.93. The van der Waals surface area contributed by atoms with E-state index in [1.165, 1.54) is 0 Å². The van der Waals surface area contributed by atoms with Crippen molar-refractivity contribution in [1.29, 1.82) is 5.26 Å². The topological polar surface area (TPSA) is 81.3 Å². The number of benzene rings is 5. The van der Waals surface area contributed by atoms with Crippen LogP contribution >= 0.6 is 0 Å². The van der Waals surface area contributed by atoms with Gasteiger partial charge in [0.2, 0.25) is 5.71 Å². The molecule has 2 aliphatic carbocycles. The molecule has 5 aromatic rings. The zero-order valence-electron chi connectivity index (χ0n) is 30.1. The first-order chi connectivity index (χ1) is 24.4. The molecule has 8 heteroatoms. The van der Waals surface area contributed by atoms with Gasteiger partial charge in [0.05, 0.1) is 40.8 Å². The first-order valence-corrected chi connectivity index (χ1v) is 16.6. The SMILES string of the molecule is [C-]#[N+]/C(C#N)=C1\C(=C2c3cccc(N(C)C)c3C(=[N+](C)C)c3c2cccc3N(C)C)C(O)=C1c1c2ccccc2c(N(C)C)c2cccc(O)c12. The predicted molar refractivity (Wildman–Crippen MR) is 209 cm³/mol. The van der Waals surface area contributed by atoms with Gasteiger partial charge in [-0.1, -0.05) is 60.7 Å². The Kier molecular flexibility index (Phi) is 7.84. The van der Waals surface area contributed by atoms with Gasteiger partial charge in [0.1, 0.15) is 25.6 Å². The Balaban J connectivity index is 1.74. The van der Waals surface area contributed by atoms with E-state index in [0.717, 1.165) is 66.8 Å². The zero-order valence-corrected chi connectivity index (χ0v) is 30.1. The van der Waals surface area contributed by atoms with Crippen molar-refractivity contribution in [2.45, 2.75) is 0 Å². The van der Waals surface area contributed by atoms with Crippen LogP contribution in [0.4, 0.5) is 17.1 Å². The molecule has 0 aromatic heterocycles. The Morgan fingerprint density at radius 3 is 1.73 bits per heavy atom. The normalized spacial score (nSPS) is 14.4. The number of anilines is 3. The van der Waals surface area contributed by atoms with E-state index in [1.807, 2.05) is 110 Å². The molecular formula is C43H39N6O2+. The summed E-state index contributed by atoms with van der Waals surface area (Å²) in [6.45, 7) is 8.20. The molecule has 51 heavy (non-hydrogen) atoms. The van der Waals surface area contributed by atoms with E-state index >= 15 is 0 Å². The lowest BCUT2D eigenvalue weighted by molar-refractivity contribution is -0.463. The number of phenolic OH excluding ortho intramolecular Hbond substituents is 1. The standard InChI is InChI=1S/C43H38N6O2/c1-45-29(23-44)38-39(43(51)40(38)37-24-15-10-11-16-25(24)41(48(6)7)28-19-14-22-32(50)36(28)37)33-26-17-12-20-30(46(2)3)34(26)42(49(8)9)35-27(33)18-13-21-31(35)47(4)5/h10-22H,2-9H3,(H-,50,51)/p+1/b38-29+. The summed E-state index contributed by atoms with van der Waals surface area (Å²) in [5.41, 5.74) is 10.0. The predicted octanol–water partition coefficient (Wildman–Crippen LogP) is 7.80. The van der Waals surface area contributed by atoms with Crippen LogP contribution in [0.1, 0.15) is 27.8 Å². The Labute approximate surface area is 298 Å². The summed E-state index contributed by atoms with van der Waals surface area (Å²) in [6, 6.07) is 27.7. The number of rotatable bonds is 4. The highest BCUT2D eigenvalue weighted by atomic mass is 16.3. The van der Waals surface area contributed by atoms with Gasteiger partial charge in [0.15, 0.2) is 0 Å². The largest absolute Gasteiger partial charge is 0.507 e. The second-order valence-corrected chi connectivity index (χ2v) is 13.7. The molecule has 0 atom stereocenters. The second-order valence-electron chi connectivity index (χ2n) is 13.7. The van der Waals surface area contributed by atoms with Crippen molar-refractivity contribution in [1.82, 2.24) is 0 Å². The van der Waals surface area contributed by atoms with Crippen molar-refractivity contribution in [2.24, 2.45) is 0 Å². The van der Waals surface area contributed by atoms with Crippen LogP contribution in [0.15, 0.2) is 101 Å². The smallest absolute Gasteiger partial charge is 0.270 e. The fourth-order valence-corrected chi connectivity index (χ4v) is 7.94. The van der Waals surface area contributed by atoms with Crippen molar-refractivity contribution in [3.05, 3.63) is 141 Å². The molecule has 7 rings (SSSR count). The Morgan fingerprint density at radius 2 is 1.22 bits per heavy atom. The van der Waals surface area contributed by atoms with E-state index in [0.29, 0.717) is 27.7 Å². The Hall–Kier alpha value is -6.51. The minimum atomic E-state index is -0.132. The fraction of sp³-hybridized carbons (Fsp3) is 0.186. The lowest BCUT2D eigenvalue weighted by atomic mass is 9.68. The molecule has 0 fully saturated rings. The number of phenols is 1. The van der Waals surface area contributed by atoms with Crippen molar-refractivity contribution in [3.8, 4) is 11.8 Å². The number of aliphatic hydroxyl groups excluding tert-OH is 1. The minimum Gasteiger partial charge on any atom is -0.507 e. The number of allylic oxidation sites excluding steroid dienone is 3. The quantitative estimate of drug-likeness (QED) is 0.0862. The highest BCUT2D eigenvalue weighted by molar-refractivity contribution is 6.28. The van der Waals surface area contributed by atoms with Gasteiger partial charge in [-0.15, -0.1) is 0 Å². The molecule has 5 aromatic carbocycles.